The summed E-state index contributed by atoms with van der Waals surface area (Å²) in [5, 5.41) is 5.53. The van der Waals surface area contributed by atoms with Gasteiger partial charge in [0.2, 0.25) is 0 Å². The number of halogens is 6. The van der Waals surface area contributed by atoms with E-state index in [-0.39, 0.29) is 11.7 Å². The van der Waals surface area contributed by atoms with Gasteiger partial charge >= 0.3 is 6.18 Å². The molecule has 2 aromatic rings. The van der Waals surface area contributed by atoms with E-state index in [0.29, 0.717) is 24.5 Å². The van der Waals surface area contributed by atoms with Crippen molar-refractivity contribution in [1.29, 1.82) is 0 Å². The molecule has 0 bridgehead atoms. The fraction of sp³-hybridized carbons (Fsp3) is 0.429. The minimum atomic E-state index is -4.87. The average molecular weight is 524 g/mol. The van der Waals surface area contributed by atoms with Gasteiger partial charge in [-0.1, -0.05) is 35.3 Å². The summed E-state index contributed by atoms with van der Waals surface area (Å²) in [7, 11) is 0. The minimum Gasteiger partial charge on any atom is -0.372 e. The van der Waals surface area contributed by atoms with Crippen LogP contribution >= 0.6 is 34.5 Å². The number of amidine groups is 1. The van der Waals surface area contributed by atoms with Gasteiger partial charge in [-0.2, -0.15) is 13.2 Å². The number of nitrogens with one attached hydrogen (secondary N) is 1. The van der Waals surface area contributed by atoms with Crippen LogP contribution < -0.4 is 5.32 Å². The van der Waals surface area contributed by atoms with Gasteiger partial charge < -0.3 is 15.1 Å². The molecule has 1 N–H and O–H groups in total. The molecule has 1 unspecified atom stereocenters. The van der Waals surface area contributed by atoms with E-state index in [1.54, 1.807) is 4.90 Å². The van der Waals surface area contributed by atoms with Gasteiger partial charge in [0.15, 0.2) is 5.82 Å². The third-order valence-corrected chi connectivity index (χ3v) is 7.63. The number of hydrogen-bond acceptors (Lipinski definition) is 5. The summed E-state index contributed by atoms with van der Waals surface area (Å²) in [6.07, 6.45) is -4.67. The van der Waals surface area contributed by atoms with Crippen LogP contribution in [0.3, 0.4) is 0 Å². The molecule has 1 amide bonds. The van der Waals surface area contributed by atoms with Gasteiger partial charge in [0.05, 0.1) is 27.9 Å². The number of hydrogen-bond donors (Lipinski definition) is 1. The van der Waals surface area contributed by atoms with E-state index in [1.807, 2.05) is 13.8 Å². The number of oxime groups is 1. The smallest absolute Gasteiger partial charge is 0.372 e. The van der Waals surface area contributed by atoms with E-state index in [4.69, 9.17) is 28.0 Å². The van der Waals surface area contributed by atoms with Crippen molar-refractivity contribution >= 4 is 46.3 Å². The SMILES string of the molecule is CCCNC(=O)c1sc2c(c1C)CN(C1=NOC(c3cc(Cl)c(F)c(Cl)c3)(C(F)(F)F)C1)C2. The summed E-state index contributed by atoms with van der Waals surface area (Å²) in [6.45, 7) is 4.97. The Kier molecular flexibility index (Phi) is 6.30. The summed E-state index contributed by atoms with van der Waals surface area (Å²) >= 11 is 12.8. The lowest BCUT2D eigenvalue weighted by molar-refractivity contribution is -0.275. The Bertz CT molecular complexity index is 1130. The van der Waals surface area contributed by atoms with Gasteiger partial charge in [-0.05, 0) is 36.6 Å². The Morgan fingerprint density at radius 1 is 1.30 bits per heavy atom. The molecule has 0 radical (unpaired) electrons. The lowest BCUT2D eigenvalue weighted by atomic mass is 9.89. The third-order valence-electron chi connectivity index (χ3n) is 5.77. The van der Waals surface area contributed by atoms with Crippen LogP contribution in [0.2, 0.25) is 10.0 Å². The van der Waals surface area contributed by atoms with E-state index in [2.05, 4.69) is 10.5 Å². The van der Waals surface area contributed by atoms with E-state index in [0.717, 1.165) is 34.6 Å². The number of amides is 1. The van der Waals surface area contributed by atoms with Crippen molar-refractivity contribution in [2.45, 2.75) is 51.6 Å². The van der Waals surface area contributed by atoms with Crippen LogP contribution in [0, 0.1) is 12.7 Å². The third kappa shape index (κ3) is 4.06. The van der Waals surface area contributed by atoms with Crippen molar-refractivity contribution in [3.05, 3.63) is 54.4 Å². The molecule has 2 aliphatic rings. The molecule has 33 heavy (non-hydrogen) atoms. The number of carbonyl (C=O) groups is 1. The van der Waals surface area contributed by atoms with E-state index >= 15 is 0 Å². The molecule has 0 fully saturated rings. The zero-order valence-electron chi connectivity index (χ0n) is 17.6. The number of rotatable bonds is 4. The van der Waals surface area contributed by atoms with E-state index in [1.165, 1.54) is 11.3 Å². The first kappa shape index (κ1) is 24.1. The Hall–Kier alpha value is -2.04. The zero-order valence-corrected chi connectivity index (χ0v) is 19.9. The molecule has 3 heterocycles. The van der Waals surface area contributed by atoms with Gasteiger partial charge in [-0.3, -0.25) is 4.79 Å². The van der Waals surface area contributed by atoms with Crippen molar-refractivity contribution in [3.8, 4) is 0 Å². The van der Waals surface area contributed by atoms with Crippen LogP contribution in [0.4, 0.5) is 17.6 Å². The van der Waals surface area contributed by atoms with Crippen molar-refractivity contribution in [2.75, 3.05) is 6.54 Å². The molecule has 178 valence electrons. The van der Waals surface area contributed by atoms with Crippen LogP contribution in [0.15, 0.2) is 17.3 Å². The molecule has 12 heteroatoms. The molecule has 2 aliphatic heterocycles. The van der Waals surface area contributed by atoms with Crippen molar-refractivity contribution in [3.63, 3.8) is 0 Å². The van der Waals surface area contributed by atoms with Crippen LogP contribution in [0.25, 0.3) is 0 Å². The molecule has 0 saturated carbocycles. The Balaban J connectivity index is 1.57. The molecular formula is C21H19Cl2F4N3O2S. The number of alkyl halides is 3. The second-order valence-corrected chi connectivity index (χ2v) is 9.84. The maximum absolute atomic E-state index is 14.2. The molecular weight excluding hydrogens is 505 g/mol. The zero-order chi connectivity index (χ0) is 24.1. The fourth-order valence-electron chi connectivity index (χ4n) is 3.93. The highest BCUT2D eigenvalue weighted by Crippen LogP contribution is 2.50. The van der Waals surface area contributed by atoms with E-state index < -0.39 is 39.6 Å². The largest absolute Gasteiger partial charge is 0.435 e. The quantitative estimate of drug-likeness (QED) is 0.386. The van der Waals surface area contributed by atoms with Crippen LogP contribution in [-0.2, 0) is 23.5 Å². The van der Waals surface area contributed by atoms with Gasteiger partial charge in [-0.25, -0.2) is 4.39 Å². The molecule has 1 atom stereocenters. The number of carbonyl (C=O) groups excluding carboxylic acids is 1. The van der Waals surface area contributed by atoms with Gasteiger partial charge in [0, 0.05) is 23.5 Å². The van der Waals surface area contributed by atoms with Gasteiger partial charge in [0.1, 0.15) is 5.84 Å². The predicted molar refractivity (Wildman–Crippen MR) is 118 cm³/mol. The summed E-state index contributed by atoms with van der Waals surface area (Å²) < 4.78 is 56.4. The number of benzene rings is 1. The number of fused-ring (bicyclic) bond motifs is 1. The number of thiophene rings is 1. The Morgan fingerprint density at radius 2 is 1.97 bits per heavy atom. The fourth-order valence-corrected chi connectivity index (χ4v) is 5.66. The van der Waals surface area contributed by atoms with Crippen molar-refractivity contribution < 1.29 is 27.2 Å². The average Bonchev–Trinajstić information content (AvgIpc) is 3.44. The molecule has 5 nitrogen and oxygen atoms in total. The Morgan fingerprint density at radius 3 is 2.55 bits per heavy atom. The molecule has 4 rings (SSSR count). The van der Waals surface area contributed by atoms with Crippen LogP contribution in [0.1, 0.15) is 51.0 Å². The van der Waals surface area contributed by atoms with Crippen LogP contribution in [0.5, 0.6) is 0 Å². The standard InChI is InChI=1S/C21H19Cl2F4N3O2S/c1-3-4-28-19(31)18-10(2)12-8-30(9-15(12)33-18)16-7-20(32-29-16,21(25,26)27)11-5-13(22)17(24)14(23)6-11/h5-6H,3-4,7-9H2,1-2H3,(H,28,31). The lowest BCUT2D eigenvalue weighted by Crippen LogP contribution is -2.44. The molecule has 1 aromatic heterocycles. The maximum atomic E-state index is 14.2. The second-order valence-electron chi connectivity index (χ2n) is 7.92. The first-order valence-corrected chi connectivity index (χ1v) is 11.7. The van der Waals surface area contributed by atoms with Crippen molar-refractivity contribution in [1.82, 2.24) is 10.2 Å². The number of nitrogens with zero attached hydrogens (tertiary/aromatic N) is 2. The highest BCUT2D eigenvalue weighted by atomic mass is 35.5. The van der Waals surface area contributed by atoms with Crippen molar-refractivity contribution in [2.24, 2.45) is 5.16 Å². The summed E-state index contributed by atoms with van der Waals surface area (Å²) in [6, 6.07) is 1.72. The summed E-state index contributed by atoms with van der Waals surface area (Å²) in [5.74, 6) is -1.05. The topological polar surface area (TPSA) is 53.9 Å². The lowest BCUT2D eigenvalue weighted by Gasteiger charge is -2.30. The molecule has 0 spiro atoms. The van der Waals surface area contributed by atoms with Gasteiger partial charge in [0.25, 0.3) is 11.5 Å². The monoisotopic (exact) mass is 523 g/mol. The summed E-state index contributed by atoms with van der Waals surface area (Å²) in [4.78, 5) is 20.6. The Labute approximate surface area is 201 Å². The molecule has 0 saturated heterocycles. The first-order valence-electron chi connectivity index (χ1n) is 10.1. The highest BCUT2D eigenvalue weighted by Gasteiger charge is 2.63. The highest BCUT2D eigenvalue weighted by molar-refractivity contribution is 7.14. The second kappa shape index (κ2) is 8.63. The first-order chi connectivity index (χ1) is 15.5. The normalized spacial score (nSPS) is 20.0. The minimum absolute atomic E-state index is 0.101. The summed E-state index contributed by atoms with van der Waals surface area (Å²) in [5.41, 5.74) is -1.55. The molecule has 0 aliphatic carbocycles. The molecule has 1 aromatic carbocycles. The van der Waals surface area contributed by atoms with E-state index in [9.17, 15) is 22.4 Å². The van der Waals surface area contributed by atoms with Crippen LogP contribution in [-0.4, -0.2) is 29.4 Å². The predicted octanol–water partition coefficient (Wildman–Crippen LogP) is 6.15. The van der Waals surface area contributed by atoms with Gasteiger partial charge in [-0.15, -0.1) is 11.3 Å². The maximum Gasteiger partial charge on any atom is 0.435 e.